The van der Waals surface area contributed by atoms with Gasteiger partial charge in [-0.25, -0.2) is 0 Å². The van der Waals surface area contributed by atoms with Gasteiger partial charge in [-0.15, -0.1) is 0 Å². The molecule has 4 aromatic rings. The number of halogens is 1. The van der Waals surface area contributed by atoms with Crippen LogP contribution >= 0.6 is 11.6 Å². The van der Waals surface area contributed by atoms with E-state index < -0.39 is 0 Å². The first-order chi connectivity index (χ1) is 13.1. The monoisotopic (exact) mass is 382 g/mol. The SMILES string of the molecule is COc1ccc2c(CCNC(=O)c3oc4ccc(Cl)cc4c3C)c[nH]c2c1. The average Bonchev–Trinajstić information content (AvgIpc) is 3.22. The molecule has 0 spiro atoms. The van der Waals surface area contributed by atoms with E-state index >= 15 is 0 Å². The number of H-pyrrole nitrogens is 1. The Morgan fingerprint density at radius 3 is 2.89 bits per heavy atom. The summed E-state index contributed by atoms with van der Waals surface area (Å²) in [6.07, 6.45) is 2.67. The predicted molar refractivity (Wildman–Crippen MR) is 107 cm³/mol. The number of carbonyl (C=O) groups excluding carboxylic acids is 1. The van der Waals surface area contributed by atoms with Crippen molar-refractivity contribution in [3.63, 3.8) is 0 Å². The molecule has 0 fully saturated rings. The first kappa shape index (κ1) is 17.5. The first-order valence-electron chi connectivity index (χ1n) is 8.67. The Morgan fingerprint density at radius 2 is 2.07 bits per heavy atom. The van der Waals surface area contributed by atoms with Gasteiger partial charge in [0.1, 0.15) is 11.3 Å². The Bertz CT molecular complexity index is 1140. The molecule has 2 aromatic carbocycles. The van der Waals surface area contributed by atoms with Gasteiger partial charge in [0.2, 0.25) is 0 Å². The minimum atomic E-state index is -0.221. The second-order valence-corrected chi connectivity index (χ2v) is 6.86. The summed E-state index contributed by atoms with van der Waals surface area (Å²) in [6, 6.07) is 11.3. The molecule has 2 N–H and O–H groups in total. The summed E-state index contributed by atoms with van der Waals surface area (Å²) in [7, 11) is 1.65. The molecule has 0 saturated heterocycles. The van der Waals surface area contributed by atoms with Gasteiger partial charge >= 0.3 is 0 Å². The standard InChI is InChI=1S/C21H19ClN2O3/c1-12-17-9-14(22)3-6-19(17)27-20(12)21(25)23-8-7-13-11-24-18-10-15(26-2)4-5-16(13)18/h3-6,9-11,24H,7-8H2,1-2H3,(H,23,25). The molecule has 0 unspecified atom stereocenters. The van der Waals surface area contributed by atoms with Gasteiger partial charge in [0.15, 0.2) is 5.76 Å². The highest BCUT2D eigenvalue weighted by atomic mass is 35.5. The zero-order valence-electron chi connectivity index (χ0n) is 15.1. The lowest BCUT2D eigenvalue weighted by molar-refractivity contribution is 0.0928. The van der Waals surface area contributed by atoms with Crippen LogP contribution in [-0.2, 0) is 6.42 Å². The molecule has 0 bridgehead atoms. The van der Waals surface area contributed by atoms with Crippen LogP contribution in [0.15, 0.2) is 47.0 Å². The van der Waals surface area contributed by atoms with Crippen LogP contribution < -0.4 is 10.1 Å². The molecule has 0 aliphatic heterocycles. The van der Waals surface area contributed by atoms with Crippen molar-refractivity contribution >= 4 is 39.4 Å². The van der Waals surface area contributed by atoms with Crippen LogP contribution in [0.3, 0.4) is 0 Å². The predicted octanol–water partition coefficient (Wildman–Crippen LogP) is 4.86. The summed E-state index contributed by atoms with van der Waals surface area (Å²) in [6.45, 7) is 2.37. The largest absolute Gasteiger partial charge is 0.497 e. The highest BCUT2D eigenvalue weighted by Gasteiger charge is 2.17. The molecule has 0 aliphatic carbocycles. The average molecular weight is 383 g/mol. The van der Waals surface area contributed by atoms with Crippen molar-refractivity contribution in [1.82, 2.24) is 10.3 Å². The summed E-state index contributed by atoms with van der Waals surface area (Å²) in [5.41, 5.74) is 3.61. The molecular weight excluding hydrogens is 364 g/mol. The highest BCUT2D eigenvalue weighted by Crippen LogP contribution is 2.28. The number of aromatic nitrogens is 1. The molecule has 138 valence electrons. The van der Waals surface area contributed by atoms with E-state index in [9.17, 15) is 4.79 Å². The van der Waals surface area contributed by atoms with E-state index in [2.05, 4.69) is 10.3 Å². The Hall–Kier alpha value is -2.92. The fourth-order valence-corrected chi connectivity index (χ4v) is 3.47. The highest BCUT2D eigenvalue weighted by molar-refractivity contribution is 6.31. The molecule has 0 radical (unpaired) electrons. The van der Waals surface area contributed by atoms with E-state index in [1.54, 1.807) is 19.2 Å². The van der Waals surface area contributed by atoms with Crippen LogP contribution in [0.1, 0.15) is 21.7 Å². The van der Waals surface area contributed by atoms with Gasteiger partial charge in [-0.3, -0.25) is 4.79 Å². The number of amides is 1. The van der Waals surface area contributed by atoms with Gasteiger partial charge in [0.05, 0.1) is 7.11 Å². The van der Waals surface area contributed by atoms with E-state index in [-0.39, 0.29) is 5.91 Å². The van der Waals surface area contributed by atoms with E-state index in [1.165, 1.54) is 0 Å². The van der Waals surface area contributed by atoms with Gasteiger partial charge < -0.3 is 19.5 Å². The van der Waals surface area contributed by atoms with Crippen LogP contribution in [-0.4, -0.2) is 24.5 Å². The van der Waals surface area contributed by atoms with E-state index in [1.807, 2.05) is 37.4 Å². The normalized spacial score (nSPS) is 11.2. The number of ether oxygens (including phenoxy) is 1. The van der Waals surface area contributed by atoms with Crippen molar-refractivity contribution in [3.05, 3.63) is 64.5 Å². The maximum absolute atomic E-state index is 12.5. The Labute approximate surface area is 161 Å². The molecule has 0 aliphatic rings. The molecular formula is C21H19ClN2O3. The number of benzene rings is 2. The van der Waals surface area contributed by atoms with Crippen LogP contribution in [0.5, 0.6) is 5.75 Å². The summed E-state index contributed by atoms with van der Waals surface area (Å²) < 4.78 is 10.9. The second kappa shape index (κ2) is 7.00. The zero-order valence-corrected chi connectivity index (χ0v) is 15.8. The fourth-order valence-electron chi connectivity index (χ4n) is 3.30. The molecule has 0 atom stereocenters. The van der Waals surface area contributed by atoms with Crippen LogP contribution in [0.2, 0.25) is 5.02 Å². The lowest BCUT2D eigenvalue weighted by Gasteiger charge is -2.04. The number of aromatic amines is 1. The van der Waals surface area contributed by atoms with Gasteiger partial charge in [-0.1, -0.05) is 11.6 Å². The molecule has 1 amide bonds. The smallest absolute Gasteiger partial charge is 0.287 e. The number of carbonyl (C=O) groups is 1. The number of rotatable bonds is 5. The molecule has 27 heavy (non-hydrogen) atoms. The number of furan rings is 1. The van der Waals surface area contributed by atoms with Gasteiger partial charge in [0, 0.05) is 45.7 Å². The number of hydrogen-bond acceptors (Lipinski definition) is 3. The third kappa shape index (κ3) is 3.26. The summed E-state index contributed by atoms with van der Waals surface area (Å²) in [4.78, 5) is 15.8. The molecule has 2 heterocycles. The van der Waals surface area contributed by atoms with Crippen molar-refractivity contribution in [2.75, 3.05) is 13.7 Å². The molecule has 6 heteroatoms. The summed E-state index contributed by atoms with van der Waals surface area (Å²) in [5.74, 6) is 0.918. The van der Waals surface area contributed by atoms with Gasteiger partial charge in [-0.2, -0.15) is 0 Å². The molecule has 4 rings (SSSR count). The topological polar surface area (TPSA) is 67.3 Å². The zero-order chi connectivity index (χ0) is 19.0. The third-order valence-corrected chi connectivity index (χ3v) is 4.99. The third-order valence-electron chi connectivity index (χ3n) is 4.76. The summed E-state index contributed by atoms with van der Waals surface area (Å²) >= 11 is 6.03. The number of fused-ring (bicyclic) bond motifs is 2. The van der Waals surface area contributed by atoms with E-state index in [4.69, 9.17) is 20.8 Å². The number of methoxy groups -OCH3 is 1. The number of nitrogens with one attached hydrogen (secondary N) is 2. The minimum Gasteiger partial charge on any atom is -0.497 e. The fraction of sp³-hybridized carbons (Fsp3) is 0.190. The van der Waals surface area contributed by atoms with Crippen molar-refractivity contribution in [3.8, 4) is 5.75 Å². The quantitative estimate of drug-likeness (QED) is 0.518. The lowest BCUT2D eigenvalue weighted by atomic mass is 10.1. The van der Waals surface area contributed by atoms with Crippen LogP contribution in [0.25, 0.3) is 21.9 Å². The van der Waals surface area contributed by atoms with E-state index in [0.717, 1.165) is 33.2 Å². The number of hydrogen-bond donors (Lipinski definition) is 2. The maximum atomic E-state index is 12.5. The Kier molecular flexibility index (Phi) is 4.54. The maximum Gasteiger partial charge on any atom is 0.287 e. The van der Waals surface area contributed by atoms with Crippen molar-refractivity contribution < 1.29 is 13.9 Å². The first-order valence-corrected chi connectivity index (χ1v) is 9.05. The van der Waals surface area contributed by atoms with Crippen molar-refractivity contribution in [1.29, 1.82) is 0 Å². The van der Waals surface area contributed by atoms with Crippen molar-refractivity contribution in [2.45, 2.75) is 13.3 Å². The van der Waals surface area contributed by atoms with Gasteiger partial charge in [0.25, 0.3) is 5.91 Å². The van der Waals surface area contributed by atoms with E-state index in [0.29, 0.717) is 29.3 Å². The van der Waals surface area contributed by atoms with Crippen LogP contribution in [0, 0.1) is 6.92 Å². The van der Waals surface area contributed by atoms with Crippen molar-refractivity contribution in [2.24, 2.45) is 0 Å². The lowest BCUT2D eigenvalue weighted by Crippen LogP contribution is -2.25. The molecule has 2 aromatic heterocycles. The van der Waals surface area contributed by atoms with Gasteiger partial charge in [-0.05, 0) is 49.2 Å². The molecule has 0 saturated carbocycles. The van der Waals surface area contributed by atoms with Crippen LogP contribution in [0.4, 0.5) is 0 Å². The second-order valence-electron chi connectivity index (χ2n) is 6.43. The Balaban J connectivity index is 1.46. The minimum absolute atomic E-state index is 0.221. The molecule has 5 nitrogen and oxygen atoms in total. The Morgan fingerprint density at radius 1 is 1.22 bits per heavy atom. The summed E-state index contributed by atoms with van der Waals surface area (Å²) in [5, 5.41) is 5.54. The number of aryl methyl sites for hydroxylation is 1.